The molecule has 0 bridgehead atoms. The molecule has 1 aliphatic heterocycles. The normalized spacial score (nSPS) is 21.9. The molecule has 0 saturated carbocycles. The van der Waals surface area contributed by atoms with Crippen LogP contribution in [-0.2, 0) is 19.1 Å². The van der Waals surface area contributed by atoms with Crippen LogP contribution < -0.4 is 0 Å². The SMILES string of the molecule is COC(=O)C1SSC(C(=O)OC)c2ccccc21. The summed E-state index contributed by atoms with van der Waals surface area (Å²) >= 11 is 0. The van der Waals surface area contributed by atoms with E-state index in [2.05, 4.69) is 0 Å². The predicted molar refractivity (Wildman–Crippen MR) is 71.1 cm³/mol. The smallest absolute Gasteiger partial charge is 0.324 e. The Bertz CT molecular complexity index is 432. The Labute approximate surface area is 113 Å². The van der Waals surface area contributed by atoms with Gasteiger partial charge in [-0.15, -0.1) is 0 Å². The third kappa shape index (κ3) is 2.35. The number of carbonyl (C=O) groups is 2. The summed E-state index contributed by atoms with van der Waals surface area (Å²) in [5.41, 5.74) is 1.65. The van der Waals surface area contributed by atoms with Crippen molar-refractivity contribution in [1.82, 2.24) is 0 Å². The molecule has 0 N–H and O–H groups in total. The van der Waals surface area contributed by atoms with Gasteiger partial charge >= 0.3 is 11.9 Å². The number of methoxy groups -OCH3 is 2. The lowest BCUT2D eigenvalue weighted by Crippen LogP contribution is -2.20. The molecule has 0 fully saturated rings. The van der Waals surface area contributed by atoms with Crippen LogP contribution >= 0.6 is 21.6 Å². The zero-order valence-corrected chi connectivity index (χ0v) is 11.5. The van der Waals surface area contributed by atoms with Crippen molar-refractivity contribution in [3.63, 3.8) is 0 Å². The molecule has 4 nitrogen and oxygen atoms in total. The molecular formula is C12H12O4S2. The summed E-state index contributed by atoms with van der Waals surface area (Å²) in [4.78, 5) is 23.4. The van der Waals surface area contributed by atoms with Gasteiger partial charge in [0.25, 0.3) is 0 Å². The zero-order valence-electron chi connectivity index (χ0n) is 9.91. The van der Waals surface area contributed by atoms with E-state index >= 15 is 0 Å². The van der Waals surface area contributed by atoms with Gasteiger partial charge in [0.05, 0.1) is 14.2 Å². The van der Waals surface area contributed by atoms with Crippen molar-refractivity contribution in [3.05, 3.63) is 35.4 Å². The first kappa shape index (κ1) is 13.3. The second kappa shape index (κ2) is 5.67. The molecule has 0 radical (unpaired) electrons. The fraction of sp³-hybridized carbons (Fsp3) is 0.333. The minimum Gasteiger partial charge on any atom is -0.468 e. The fourth-order valence-electron chi connectivity index (χ4n) is 1.75. The van der Waals surface area contributed by atoms with Gasteiger partial charge in [0.15, 0.2) is 0 Å². The van der Waals surface area contributed by atoms with E-state index in [0.717, 1.165) is 11.1 Å². The highest BCUT2D eigenvalue weighted by molar-refractivity contribution is 8.77. The number of hydrogen-bond donors (Lipinski definition) is 0. The number of esters is 2. The molecule has 1 aromatic rings. The van der Waals surface area contributed by atoms with E-state index in [-0.39, 0.29) is 11.9 Å². The topological polar surface area (TPSA) is 52.6 Å². The quantitative estimate of drug-likeness (QED) is 0.614. The lowest BCUT2D eigenvalue weighted by Gasteiger charge is -2.27. The van der Waals surface area contributed by atoms with E-state index in [0.29, 0.717) is 0 Å². The van der Waals surface area contributed by atoms with Crippen LogP contribution in [0.15, 0.2) is 24.3 Å². The number of fused-ring (bicyclic) bond motifs is 1. The Balaban J connectivity index is 2.40. The van der Waals surface area contributed by atoms with Crippen molar-refractivity contribution in [3.8, 4) is 0 Å². The van der Waals surface area contributed by atoms with Gasteiger partial charge < -0.3 is 9.47 Å². The largest absolute Gasteiger partial charge is 0.468 e. The molecule has 2 rings (SSSR count). The van der Waals surface area contributed by atoms with E-state index < -0.39 is 10.5 Å². The Kier molecular flexibility index (Phi) is 4.19. The summed E-state index contributed by atoms with van der Waals surface area (Å²) in [6, 6.07) is 7.39. The maximum Gasteiger partial charge on any atom is 0.324 e. The molecule has 0 amide bonds. The van der Waals surface area contributed by atoms with Gasteiger partial charge in [-0.3, -0.25) is 9.59 Å². The van der Waals surface area contributed by atoms with Crippen molar-refractivity contribution >= 4 is 33.5 Å². The predicted octanol–water partition coefficient (Wildman–Crippen LogP) is 2.51. The number of benzene rings is 1. The maximum absolute atomic E-state index is 11.7. The first-order valence-corrected chi connectivity index (χ1v) is 7.53. The second-order valence-electron chi connectivity index (χ2n) is 3.63. The molecule has 0 aliphatic carbocycles. The average Bonchev–Trinajstić information content (AvgIpc) is 2.44. The van der Waals surface area contributed by atoms with Gasteiger partial charge in [0.1, 0.15) is 10.5 Å². The summed E-state index contributed by atoms with van der Waals surface area (Å²) in [5, 5.41) is -0.783. The van der Waals surface area contributed by atoms with E-state index in [1.54, 1.807) is 0 Å². The molecule has 0 aromatic heterocycles. The second-order valence-corrected chi connectivity index (χ2v) is 6.11. The standard InChI is InChI=1S/C12H12O4S2/c1-15-11(13)9-7-5-3-4-6-8(7)10(18-17-9)12(14)16-2/h3-6,9-10H,1-2H3. The van der Waals surface area contributed by atoms with Crippen molar-refractivity contribution in [2.24, 2.45) is 0 Å². The minimum atomic E-state index is -0.392. The molecule has 0 saturated heterocycles. The summed E-state index contributed by atoms with van der Waals surface area (Å²) in [6.07, 6.45) is 0. The van der Waals surface area contributed by atoms with E-state index in [1.807, 2.05) is 24.3 Å². The highest BCUT2D eigenvalue weighted by Crippen LogP contribution is 2.54. The van der Waals surface area contributed by atoms with Crippen LogP contribution in [0.2, 0.25) is 0 Å². The van der Waals surface area contributed by atoms with E-state index in [9.17, 15) is 9.59 Å². The van der Waals surface area contributed by atoms with Crippen LogP contribution in [0.25, 0.3) is 0 Å². The molecule has 6 heteroatoms. The lowest BCUT2D eigenvalue weighted by molar-refractivity contribution is -0.141. The number of ether oxygens (including phenoxy) is 2. The first-order valence-electron chi connectivity index (χ1n) is 5.25. The molecule has 1 aromatic carbocycles. The molecule has 0 spiro atoms. The Morgan fingerprint density at radius 3 is 1.67 bits per heavy atom. The van der Waals surface area contributed by atoms with Crippen LogP contribution in [0.4, 0.5) is 0 Å². The summed E-state index contributed by atoms with van der Waals surface area (Å²) in [6.45, 7) is 0. The summed E-state index contributed by atoms with van der Waals surface area (Å²) in [7, 11) is 5.39. The first-order chi connectivity index (χ1) is 8.69. The van der Waals surface area contributed by atoms with Gasteiger partial charge in [-0.2, -0.15) is 0 Å². The van der Waals surface area contributed by atoms with Crippen LogP contribution in [0.1, 0.15) is 21.6 Å². The fourth-order valence-corrected chi connectivity index (χ4v) is 4.72. The molecule has 2 atom stereocenters. The number of rotatable bonds is 2. The molecular weight excluding hydrogens is 272 g/mol. The van der Waals surface area contributed by atoms with Crippen LogP contribution in [0.3, 0.4) is 0 Å². The Morgan fingerprint density at radius 2 is 1.33 bits per heavy atom. The maximum atomic E-state index is 11.7. The van der Waals surface area contributed by atoms with Gasteiger partial charge in [-0.1, -0.05) is 45.9 Å². The van der Waals surface area contributed by atoms with Gasteiger partial charge in [0.2, 0.25) is 0 Å². The van der Waals surface area contributed by atoms with Crippen LogP contribution in [0.5, 0.6) is 0 Å². The van der Waals surface area contributed by atoms with E-state index in [4.69, 9.17) is 9.47 Å². The van der Waals surface area contributed by atoms with Crippen LogP contribution in [-0.4, -0.2) is 26.2 Å². The van der Waals surface area contributed by atoms with Crippen LogP contribution in [0, 0.1) is 0 Å². The van der Waals surface area contributed by atoms with Gasteiger partial charge in [-0.25, -0.2) is 0 Å². The van der Waals surface area contributed by atoms with Gasteiger partial charge in [-0.05, 0) is 11.1 Å². The Hall–Kier alpha value is -1.14. The van der Waals surface area contributed by atoms with Crippen molar-refractivity contribution in [2.45, 2.75) is 10.5 Å². The van der Waals surface area contributed by atoms with Gasteiger partial charge in [0, 0.05) is 0 Å². The number of hydrogen-bond acceptors (Lipinski definition) is 6. The lowest BCUT2D eigenvalue weighted by atomic mass is 10.0. The third-order valence-corrected chi connectivity index (χ3v) is 5.52. The van der Waals surface area contributed by atoms with Crippen molar-refractivity contribution in [2.75, 3.05) is 14.2 Å². The summed E-state index contributed by atoms with van der Waals surface area (Å²) < 4.78 is 9.56. The van der Waals surface area contributed by atoms with Crippen molar-refractivity contribution < 1.29 is 19.1 Å². The van der Waals surface area contributed by atoms with Crippen molar-refractivity contribution in [1.29, 1.82) is 0 Å². The minimum absolute atomic E-state index is 0.303. The highest BCUT2D eigenvalue weighted by Gasteiger charge is 2.37. The monoisotopic (exact) mass is 284 g/mol. The Morgan fingerprint density at radius 1 is 0.944 bits per heavy atom. The molecule has 96 valence electrons. The molecule has 18 heavy (non-hydrogen) atoms. The number of carbonyl (C=O) groups excluding carboxylic acids is 2. The molecule has 1 heterocycles. The summed E-state index contributed by atoms with van der Waals surface area (Å²) in [5.74, 6) is -0.605. The van der Waals surface area contributed by atoms with E-state index in [1.165, 1.54) is 35.8 Å². The third-order valence-electron chi connectivity index (χ3n) is 2.64. The highest BCUT2D eigenvalue weighted by atomic mass is 33.1. The molecule has 1 aliphatic rings. The zero-order chi connectivity index (χ0) is 13.1. The average molecular weight is 284 g/mol. The molecule has 2 unspecified atom stereocenters.